The Morgan fingerprint density at radius 3 is 2.90 bits per heavy atom. The molecule has 1 saturated heterocycles. The van der Waals surface area contributed by atoms with Crippen molar-refractivity contribution in [3.63, 3.8) is 0 Å². The van der Waals surface area contributed by atoms with Gasteiger partial charge in [0.25, 0.3) is 0 Å². The van der Waals surface area contributed by atoms with E-state index in [2.05, 4.69) is 49.0 Å². The van der Waals surface area contributed by atoms with Crippen LogP contribution in [0.5, 0.6) is 0 Å². The summed E-state index contributed by atoms with van der Waals surface area (Å²) in [5, 5.41) is 3.74. The number of hydrogen-bond acceptors (Lipinski definition) is 3. The Labute approximate surface area is 130 Å². The highest BCUT2D eigenvalue weighted by Gasteiger charge is 2.28. The summed E-state index contributed by atoms with van der Waals surface area (Å²) < 4.78 is 0. The number of pyridine rings is 1. The van der Waals surface area contributed by atoms with Crippen LogP contribution < -0.4 is 5.32 Å². The van der Waals surface area contributed by atoms with Crippen molar-refractivity contribution < 1.29 is 0 Å². The molecule has 118 valence electrons. The molecule has 0 saturated carbocycles. The second kappa shape index (κ2) is 7.90. The number of hydrogen-bond donors (Lipinski definition) is 1. The zero-order chi connectivity index (χ0) is 15.2. The SMILES string of the molecule is CCCC1CN(Cc2ncccc2C)C(CC(C)C)CN1. The van der Waals surface area contributed by atoms with Gasteiger partial charge in [0, 0.05) is 37.9 Å². The fourth-order valence-electron chi connectivity index (χ4n) is 3.32. The Bertz CT molecular complexity index is 430. The lowest BCUT2D eigenvalue weighted by atomic mass is 9.97. The summed E-state index contributed by atoms with van der Waals surface area (Å²) in [6.45, 7) is 12.4. The van der Waals surface area contributed by atoms with Gasteiger partial charge < -0.3 is 5.32 Å². The highest BCUT2D eigenvalue weighted by atomic mass is 15.2. The molecule has 1 aromatic rings. The normalized spacial score (nSPS) is 23.7. The molecule has 3 nitrogen and oxygen atoms in total. The minimum atomic E-state index is 0.638. The summed E-state index contributed by atoms with van der Waals surface area (Å²) in [5.74, 6) is 0.742. The van der Waals surface area contributed by atoms with E-state index in [1.807, 2.05) is 12.3 Å². The predicted molar refractivity (Wildman–Crippen MR) is 89.3 cm³/mol. The largest absolute Gasteiger partial charge is 0.311 e. The minimum Gasteiger partial charge on any atom is -0.311 e. The Hall–Kier alpha value is -0.930. The van der Waals surface area contributed by atoms with E-state index in [1.54, 1.807) is 0 Å². The van der Waals surface area contributed by atoms with E-state index in [4.69, 9.17) is 0 Å². The number of aromatic nitrogens is 1. The van der Waals surface area contributed by atoms with Gasteiger partial charge in [0.15, 0.2) is 0 Å². The van der Waals surface area contributed by atoms with E-state index in [0.717, 1.165) is 25.6 Å². The number of piperazine rings is 1. The molecule has 0 aliphatic carbocycles. The summed E-state index contributed by atoms with van der Waals surface area (Å²) in [7, 11) is 0. The molecule has 1 aliphatic heterocycles. The van der Waals surface area contributed by atoms with Crippen LogP contribution in [0.25, 0.3) is 0 Å². The first kappa shape index (κ1) is 16.4. The van der Waals surface area contributed by atoms with Crippen LogP contribution in [0.4, 0.5) is 0 Å². The van der Waals surface area contributed by atoms with Crippen molar-refractivity contribution in [3.05, 3.63) is 29.6 Å². The standard InChI is InChI=1S/C18H31N3/c1-5-7-16-12-21(17(11-20-16)10-14(2)3)13-18-15(4)8-6-9-19-18/h6,8-9,14,16-17,20H,5,7,10-13H2,1-4H3. The fourth-order valence-corrected chi connectivity index (χ4v) is 3.32. The van der Waals surface area contributed by atoms with Gasteiger partial charge in [-0.15, -0.1) is 0 Å². The molecule has 21 heavy (non-hydrogen) atoms. The van der Waals surface area contributed by atoms with Crippen LogP contribution in [0, 0.1) is 12.8 Å². The lowest BCUT2D eigenvalue weighted by Crippen LogP contribution is -2.56. The van der Waals surface area contributed by atoms with E-state index in [-0.39, 0.29) is 0 Å². The molecule has 2 rings (SSSR count). The predicted octanol–water partition coefficient (Wildman–Crippen LogP) is 3.38. The van der Waals surface area contributed by atoms with Crippen LogP contribution in [0.2, 0.25) is 0 Å². The molecule has 0 amide bonds. The molecule has 2 atom stereocenters. The van der Waals surface area contributed by atoms with Crippen molar-refractivity contribution in [2.45, 2.75) is 65.6 Å². The van der Waals surface area contributed by atoms with E-state index in [9.17, 15) is 0 Å². The summed E-state index contributed by atoms with van der Waals surface area (Å²) in [6, 6.07) is 5.48. The lowest BCUT2D eigenvalue weighted by Gasteiger charge is -2.41. The molecule has 1 aliphatic rings. The van der Waals surface area contributed by atoms with Gasteiger partial charge >= 0.3 is 0 Å². The Balaban J connectivity index is 2.07. The molecule has 0 spiro atoms. The average molecular weight is 289 g/mol. The first-order valence-corrected chi connectivity index (χ1v) is 8.48. The average Bonchev–Trinajstić information content (AvgIpc) is 2.44. The second-order valence-corrected chi connectivity index (χ2v) is 6.87. The van der Waals surface area contributed by atoms with Crippen LogP contribution in [-0.2, 0) is 6.54 Å². The molecular weight excluding hydrogens is 258 g/mol. The van der Waals surface area contributed by atoms with E-state index >= 15 is 0 Å². The van der Waals surface area contributed by atoms with Gasteiger partial charge in [0.2, 0.25) is 0 Å². The van der Waals surface area contributed by atoms with E-state index < -0.39 is 0 Å². The third-order valence-corrected chi connectivity index (χ3v) is 4.46. The van der Waals surface area contributed by atoms with E-state index in [1.165, 1.54) is 30.5 Å². The molecule has 2 unspecified atom stereocenters. The summed E-state index contributed by atoms with van der Waals surface area (Å²) in [6.07, 6.45) is 5.71. The van der Waals surface area contributed by atoms with Gasteiger partial charge in [-0.1, -0.05) is 33.3 Å². The van der Waals surface area contributed by atoms with Crippen molar-refractivity contribution in [1.82, 2.24) is 15.2 Å². The van der Waals surface area contributed by atoms with Crippen LogP contribution >= 0.6 is 0 Å². The smallest absolute Gasteiger partial charge is 0.0573 e. The van der Waals surface area contributed by atoms with Gasteiger partial charge in [0.1, 0.15) is 0 Å². The molecule has 0 radical (unpaired) electrons. The molecule has 1 N–H and O–H groups in total. The second-order valence-electron chi connectivity index (χ2n) is 6.87. The Morgan fingerprint density at radius 1 is 1.43 bits per heavy atom. The molecule has 1 aromatic heterocycles. The number of rotatable bonds is 6. The van der Waals surface area contributed by atoms with Gasteiger partial charge in [-0.25, -0.2) is 0 Å². The molecule has 2 heterocycles. The minimum absolute atomic E-state index is 0.638. The van der Waals surface area contributed by atoms with Crippen LogP contribution in [0.15, 0.2) is 18.3 Å². The van der Waals surface area contributed by atoms with Crippen molar-refractivity contribution in [2.75, 3.05) is 13.1 Å². The molecule has 0 aromatic carbocycles. The highest BCUT2D eigenvalue weighted by Crippen LogP contribution is 2.20. The number of nitrogens with one attached hydrogen (secondary N) is 1. The fraction of sp³-hybridized carbons (Fsp3) is 0.722. The Kier molecular flexibility index (Phi) is 6.19. The molecule has 3 heteroatoms. The summed E-state index contributed by atoms with van der Waals surface area (Å²) in [5.41, 5.74) is 2.55. The van der Waals surface area contributed by atoms with Gasteiger partial charge in [-0.2, -0.15) is 0 Å². The first-order valence-electron chi connectivity index (χ1n) is 8.48. The van der Waals surface area contributed by atoms with Crippen molar-refractivity contribution in [1.29, 1.82) is 0 Å². The van der Waals surface area contributed by atoms with Gasteiger partial charge in [0.05, 0.1) is 5.69 Å². The zero-order valence-electron chi connectivity index (χ0n) is 14.1. The molecule has 0 bridgehead atoms. The first-order chi connectivity index (χ1) is 10.1. The van der Waals surface area contributed by atoms with Crippen molar-refractivity contribution >= 4 is 0 Å². The van der Waals surface area contributed by atoms with Crippen LogP contribution in [0.3, 0.4) is 0 Å². The topological polar surface area (TPSA) is 28.2 Å². The third-order valence-electron chi connectivity index (χ3n) is 4.46. The quantitative estimate of drug-likeness (QED) is 0.870. The maximum Gasteiger partial charge on any atom is 0.0573 e. The monoisotopic (exact) mass is 289 g/mol. The molecule has 1 fully saturated rings. The van der Waals surface area contributed by atoms with Crippen LogP contribution in [-0.4, -0.2) is 35.1 Å². The van der Waals surface area contributed by atoms with Crippen molar-refractivity contribution in [3.8, 4) is 0 Å². The van der Waals surface area contributed by atoms with Gasteiger partial charge in [-0.05, 0) is 37.3 Å². The molecular formula is C18H31N3. The highest BCUT2D eigenvalue weighted by molar-refractivity contribution is 5.17. The third kappa shape index (κ3) is 4.79. The summed E-state index contributed by atoms with van der Waals surface area (Å²) in [4.78, 5) is 7.25. The maximum absolute atomic E-state index is 4.59. The Morgan fingerprint density at radius 2 is 2.24 bits per heavy atom. The lowest BCUT2D eigenvalue weighted by molar-refractivity contribution is 0.102. The number of aryl methyl sites for hydroxylation is 1. The number of nitrogens with zero attached hydrogens (tertiary/aromatic N) is 2. The van der Waals surface area contributed by atoms with Crippen LogP contribution in [0.1, 0.15) is 51.3 Å². The van der Waals surface area contributed by atoms with Gasteiger partial charge in [-0.3, -0.25) is 9.88 Å². The van der Waals surface area contributed by atoms with Crippen molar-refractivity contribution in [2.24, 2.45) is 5.92 Å². The van der Waals surface area contributed by atoms with E-state index in [0.29, 0.717) is 12.1 Å². The maximum atomic E-state index is 4.59. The zero-order valence-corrected chi connectivity index (χ0v) is 14.1. The summed E-state index contributed by atoms with van der Waals surface area (Å²) >= 11 is 0.